The molecule has 0 spiro atoms. The summed E-state index contributed by atoms with van der Waals surface area (Å²) in [6.07, 6.45) is 0. The van der Waals surface area contributed by atoms with Crippen LogP contribution in [0, 0.1) is 0 Å². The molecule has 4 rings (SSSR count). The third-order valence-electron chi connectivity index (χ3n) is 5.22. The second-order valence-electron chi connectivity index (χ2n) is 7.37. The Labute approximate surface area is 179 Å². The van der Waals surface area contributed by atoms with Gasteiger partial charge in [-0.15, -0.1) is 11.8 Å². The predicted octanol–water partition coefficient (Wildman–Crippen LogP) is 3.78. The Hall–Kier alpha value is -2.22. The molecule has 0 aliphatic carbocycles. The van der Waals surface area contributed by atoms with Gasteiger partial charge in [0.15, 0.2) is 0 Å². The fraction of sp³-hybridized carbons (Fsp3) is 0.333. The Morgan fingerprint density at radius 2 is 1.93 bits per heavy atom. The number of carbonyl (C=O) groups is 2. The van der Waals surface area contributed by atoms with Crippen molar-refractivity contribution in [3.05, 3.63) is 47.0 Å². The average Bonchev–Trinajstić information content (AvgIpc) is 2.69. The lowest BCUT2D eigenvalue weighted by Crippen LogP contribution is -2.44. The van der Waals surface area contributed by atoms with Crippen molar-refractivity contribution in [1.29, 1.82) is 0 Å². The molecule has 2 heterocycles. The van der Waals surface area contributed by atoms with Gasteiger partial charge in [0.1, 0.15) is 0 Å². The molecule has 0 saturated carbocycles. The maximum absolute atomic E-state index is 12.9. The quantitative estimate of drug-likeness (QED) is 0.775. The van der Waals surface area contributed by atoms with E-state index in [4.69, 9.17) is 11.6 Å². The molecule has 1 atom stereocenters. The molecule has 2 amide bonds. The first-order valence-electron chi connectivity index (χ1n) is 9.56. The van der Waals surface area contributed by atoms with E-state index in [0.29, 0.717) is 22.0 Å². The average molecular weight is 431 g/mol. The summed E-state index contributed by atoms with van der Waals surface area (Å²) >= 11 is 7.70. The number of likely N-dealkylation sites (N-methyl/N-ethyl adjacent to an activating group) is 1. The number of nitrogens with zero attached hydrogens (tertiary/aromatic N) is 2. The number of halogens is 1. The Morgan fingerprint density at radius 1 is 1.17 bits per heavy atom. The molecule has 2 aliphatic heterocycles. The van der Waals surface area contributed by atoms with Gasteiger partial charge >= 0.3 is 0 Å². The molecule has 29 heavy (non-hydrogen) atoms. The first-order chi connectivity index (χ1) is 13.9. The van der Waals surface area contributed by atoms with Crippen molar-refractivity contribution in [1.82, 2.24) is 4.90 Å². The zero-order chi connectivity index (χ0) is 20.5. The van der Waals surface area contributed by atoms with Crippen LogP contribution in [0.2, 0.25) is 5.02 Å². The number of carbonyl (C=O) groups excluding carboxylic acids is 2. The number of thioether (sulfide) groups is 1. The fourth-order valence-corrected chi connectivity index (χ4v) is 4.58. The van der Waals surface area contributed by atoms with Gasteiger partial charge in [-0.1, -0.05) is 11.6 Å². The number of hydrogen-bond donors (Lipinski definition) is 2. The van der Waals surface area contributed by atoms with Gasteiger partial charge < -0.3 is 20.4 Å². The zero-order valence-electron chi connectivity index (χ0n) is 16.4. The smallest absolute Gasteiger partial charge is 0.255 e. The van der Waals surface area contributed by atoms with Gasteiger partial charge in [-0.05, 0) is 50.4 Å². The maximum atomic E-state index is 12.9. The van der Waals surface area contributed by atoms with Crippen LogP contribution in [0.4, 0.5) is 17.1 Å². The van der Waals surface area contributed by atoms with E-state index >= 15 is 0 Å². The Morgan fingerprint density at radius 3 is 2.69 bits per heavy atom. The summed E-state index contributed by atoms with van der Waals surface area (Å²) in [6.45, 7) is 5.58. The molecular weight excluding hydrogens is 408 g/mol. The molecule has 0 aromatic heterocycles. The van der Waals surface area contributed by atoms with E-state index in [9.17, 15) is 9.59 Å². The lowest BCUT2D eigenvalue weighted by atomic mass is 10.1. The van der Waals surface area contributed by atoms with Crippen LogP contribution in [-0.2, 0) is 4.79 Å². The van der Waals surface area contributed by atoms with E-state index in [1.165, 1.54) is 11.8 Å². The van der Waals surface area contributed by atoms with Crippen molar-refractivity contribution in [2.24, 2.45) is 0 Å². The summed E-state index contributed by atoms with van der Waals surface area (Å²) in [7, 11) is 2.11. The number of rotatable bonds is 3. The Balaban J connectivity index is 1.56. The number of nitrogens with one attached hydrogen (secondary N) is 2. The molecule has 6 nitrogen and oxygen atoms in total. The van der Waals surface area contributed by atoms with Crippen molar-refractivity contribution >= 4 is 52.2 Å². The van der Waals surface area contributed by atoms with Gasteiger partial charge in [0, 0.05) is 41.7 Å². The molecule has 2 aliphatic rings. The number of piperazine rings is 1. The zero-order valence-corrected chi connectivity index (χ0v) is 17.9. The van der Waals surface area contributed by atoms with Gasteiger partial charge in [0.25, 0.3) is 5.91 Å². The van der Waals surface area contributed by atoms with Crippen molar-refractivity contribution in [2.45, 2.75) is 17.1 Å². The molecule has 8 heteroatoms. The summed E-state index contributed by atoms with van der Waals surface area (Å²) in [5.41, 5.74) is 2.82. The van der Waals surface area contributed by atoms with E-state index in [-0.39, 0.29) is 17.1 Å². The van der Waals surface area contributed by atoms with E-state index < -0.39 is 0 Å². The summed E-state index contributed by atoms with van der Waals surface area (Å²) < 4.78 is 0. The number of hydrogen-bond acceptors (Lipinski definition) is 5. The first-order valence-corrected chi connectivity index (χ1v) is 10.8. The molecule has 2 aromatic carbocycles. The Kier molecular flexibility index (Phi) is 5.72. The van der Waals surface area contributed by atoms with E-state index in [1.807, 2.05) is 25.1 Å². The number of benzene rings is 2. The van der Waals surface area contributed by atoms with Crippen LogP contribution in [0.25, 0.3) is 0 Å². The van der Waals surface area contributed by atoms with Crippen molar-refractivity contribution in [2.75, 3.05) is 48.8 Å². The van der Waals surface area contributed by atoms with Crippen LogP contribution < -0.4 is 15.5 Å². The van der Waals surface area contributed by atoms with Crippen LogP contribution >= 0.6 is 23.4 Å². The lowest BCUT2D eigenvalue weighted by Gasteiger charge is -2.35. The van der Waals surface area contributed by atoms with Gasteiger partial charge in [-0.2, -0.15) is 0 Å². The number of fused-ring (bicyclic) bond motifs is 1. The van der Waals surface area contributed by atoms with Crippen LogP contribution in [0.5, 0.6) is 0 Å². The summed E-state index contributed by atoms with van der Waals surface area (Å²) in [4.78, 5) is 30.4. The first kappa shape index (κ1) is 20.1. The van der Waals surface area contributed by atoms with E-state index in [1.54, 1.807) is 18.2 Å². The Bertz CT molecular complexity index is 960. The SMILES string of the molecule is CC1Sc2ccc(C(=O)Nc3cc(Cl)ccc3N3CCN(C)CC3)cc2NC1=O. The highest BCUT2D eigenvalue weighted by Gasteiger charge is 2.24. The molecular formula is C21H23ClN4O2S. The number of amides is 2. The monoisotopic (exact) mass is 430 g/mol. The van der Waals surface area contributed by atoms with Crippen LogP contribution in [0.15, 0.2) is 41.3 Å². The topological polar surface area (TPSA) is 64.7 Å². The van der Waals surface area contributed by atoms with E-state index in [2.05, 4.69) is 27.5 Å². The van der Waals surface area contributed by atoms with Crippen molar-refractivity contribution in [3.8, 4) is 0 Å². The highest BCUT2D eigenvalue weighted by molar-refractivity contribution is 8.00. The minimum absolute atomic E-state index is 0.0488. The maximum Gasteiger partial charge on any atom is 0.255 e. The van der Waals surface area contributed by atoms with Crippen molar-refractivity contribution < 1.29 is 9.59 Å². The van der Waals surface area contributed by atoms with Crippen LogP contribution in [0.3, 0.4) is 0 Å². The molecule has 152 valence electrons. The van der Waals surface area contributed by atoms with Crippen LogP contribution in [-0.4, -0.2) is 55.2 Å². The second kappa shape index (κ2) is 8.26. The summed E-state index contributed by atoms with van der Waals surface area (Å²) in [5.74, 6) is -0.282. The second-order valence-corrected chi connectivity index (χ2v) is 9.19. The molecule has 0 bridgehead atoms. The highest BCUT2D eigenvalue weighted by atomic mass is 35.5. The van der Waals surface area contributed by atoms with Gasteiger partial charge in [0.05, 0.1) is 22.3 Å². The highest BCUT2D eigenvalue weighted by Crippen LogP contribution is 2.36. The molecule has 1 unspecified atom stereocenters. The molecule has 1 saturated heterocycles. The van der Waals surface area contributed by atoms with Gasteiger partial charge in [0.2, 0.25) is 5.91 Å². The fourth-order valence-electron chi connectivity index (χ4n) is 3.48. The third kappa shape index (κ3) is 4.37. The standard InChI is InChI=1S/C21H23ClN4O2S/c1-13-20(27)24-17-11-14(3-6-19(17)29-13)21(28)23-16-12-15(22)4-5-18(16)26-9-7-25(2)8-10-26/h3-6,11-13H,7-10H2,1-2H3,(H,23,28)(H,24,27). The predicted molar refractivity (Wildman–Crippen MR) is 120 cm³/mol. The minimum Gasteiger partial charge on any atom is -0.367 e. The normalized spacial score (nSPS) is 19.5. The van der Waals surface area contributed by atoms with E-state index in [0.717, 1.165) is 36.8 Å². The minimum atomic E-state index is -0.233. The molecule has 1 fully saturated rings. The molecule has 0 radical (unpaired) electrons. The van der Waals surface area contributed by atoms with Gasteiger partial charge in [-0.25, -0.2) is 0 Å². The molecule has 2 N–H and O–H groups in total. The third-order valence-corrected chi connectivity index (χ3v) is 6.64. The largest absolute Gasteiger partial charge is 0.367 e. The lowest BCUT2D eigenvalue weighted by molar-refractivity contribution is -0.115. The van der Waals surface area contributed by atoms with Crippen LogP contribution in [0.1, 0.15) is 17.3 Å². The number of anilines is 3. The summed E-state index contributed by atoms with van der Waals surface area (Å²) in [6, 6.07) is 11.0. The van der Waals surface area contributed by atoms with Gasteiger partial charge in [-0.3, -0.25) is 9.59 Å². The molecule has 2 aromatic rings. The summed E-state index contributed by atoms with van der Waals surface area (Å²) in [5, 5.41) is 6.31. The van der Waals surface area contributed by atoms with Crippen molar-refractivity contribution in [3.63, 3.8) is 0 Å².